The molecule has 0 saturated carbocycles. The molecule has 0 spiro atoms. The molecular formula is C12H16N4O. The number of carbonyl (C=O) groups is 1. The number of nitriles is 1. The van der Waals surface area contributed by atoms with Gasteiger partial charge in [0.05, 0.1) is 23.0 Å². The summed E-state index contributed by atoms with van der Waals surface area (Å²) < 4.78 is 0. The molecule has 1 rings (SSSR count). The van der Waals surface area contributed by atoms with Crippen LogP contribution in [-0.4, -0.2) is 22.1 Å². The van der Waals surface area contributed by atoms with Gasteiger partial charge in [0.1, 0.15) is 6.04 Å². The first-order chi connectivity index (χ1) is 8.12. The summed E-state index contributed by atoms with van der Waals surface area (Å²) in [5.74, 6) is -0.256. The predicted molar refractivity (Wildman–Crippen MR) is 63.3 cm³/mol. The fraction of sp³-hybridized carbons (Fsp3) is 0.500. The summed E-state index contributed by atoms with van der Waals surface area (Å²) >= 11 is 0. The summed E-state index contributed by atoms with van der Waals surface area (Å²) in [6.45, 7) is 5.55. The van der Waals surface area contributed by atoms with Crippen molar-refractivity contribution in [3.63, 3.8) is 0 Å². The SMILES string of the molecule is CCc1nnc(C)cc1C(=O)NC(C#N)CC. The summed E-state index contributed by atoms with van der Waals surface area (Å²) in [5, 5.41) is 19.4. The first kappa shape index (κ1) is 13.1. The zero-order valence-electron chi connectivity index (χ0n) is 10.3. The second-order valence-electron chi connectivity index (χ2n) is 3.76. The Hall–Kier alpha value is -1.96. The van der Waals surface area contributed by atoms with Gasteiger partial charge in [0.15, 0.2) is 0 Å². The van der Waals surface area contributed by atoms with Gasteiger partial charge in [-0.1, -0.05) is 13.8 Å². The van der Waals surface area contributed by atoms with Crippen LogP contribution in [0.4, 0.5) is 0 Å². The molecular weight excluding hydrogens is 216 g/mol. The highest BCUT2D eigenvalue weighted by atomic mass is 16.1. The number of nitrogens with one attached hydrogen (secondary N) is 1. The molecule has 5 nitrogen and oxygen atoms in total. The summed E-state index contributed by atoms with van der Waals surface area (Å²) in [6.07, 6.45) is 1.22. The molecule has 0 bridgehead atoms. The van der Waals surface area contributed by atoms with Gasteiger partial charge in [-0.15, -0.1) is 0 Å². The minimum Gasteiger partial charge on any atom is -0.336 e. The van der Waals surface area contributed by atoms with Crippen molar-refractivity contribution >= 4 is 5.91 Å². The summed E-state index contributed by atoms with van der Waals surface area (Å²) in [6, 6.07) is 3.28. The average Bonchev–Trinajstić information content (AvgIpc) is 2.35. The lowest BCUT2D eigenvalue weighted by atomic mass is 10.1. The number of rotatable bonds is 4. The highest BCUT2D eigenvalue weighted by molar-refractivity contribution is 5.95. The van der Waals surface area contributed by atoms with E-state index >= 15 is 0 Å². The standard InChI is InChI=1S/C12H16N4O/c1-4-9(7-13)14-12(17)10-6-8(3)15-16-11(10)5-2/h6,9H,4-5H2,1-3H3,(H,14,17). The molecule has 1 aromatic rings. The van der Waals surface area contributed by atoms with E-state index in [-0.39, 0.29) is 5.91 Å². The second-order valence-corrected chi connectivity index (χ2v) is 3.76. The lowest BCUT2D eigenvalue weighted by Crippen LogP contribution is -2.34. The Morgan fingerprint density at radius 1 is 1.53 bits per heavy atom. The van der Waals surface area contributed by atoms with Crippen molar-refractivity contribution in [1.29, 1.82) is 5.26 Å². The molecule has 1 heterocycles. The minimum absolute atomic E-state index is 0.256. The maximum absolute atomic E-state index is 12.0. The maximum atomic E-state index is 12.0. The van der Waals surface area contributed by atoms with E-state index < -0.39 is 6.04 Å². The zero-order valence-corrected chi connectivity index (χ0v) is 10.3. The topological polar surface area (TPSA) is 78.7 Å². The average molecular weight is 232 g/mol. The molecule has 0 saturated heterocycles. The van der Waals surface area contributed by atoms with Crippen molar-refractivity contribution in [2.24, 2.45) is 0 Å². The van der Waals surface area contributed by atoms with Gasteiger partial charge in [0.2, 0.25) is 0 Å². The van der Waals surface area contributed by atoms with Crippen LogP contribution in [0.25, 0.3) is 0 Å². The van der Waals surface area contributed by atoms with Crippen molar-refractivity contribution in [2.45, 2.75) is 39.7 Å². The third kappa shape index (κ3) is 3.25. The van der Waals surface area contributed by atoms with E-state index in [1.165, 1.54) is 0 Å². The molecule has 0 fully saturated rings. The van der Waals surface area contributed by atoms with Crippen molar-refractivity contribution in [2.75, 3.05) is 0 Å². The van der Waals surface area contributed by atoms with E-state index in [2.05, 4.69) is 15.5 Å². The smallest absolute Gasteiger partial charge is 0.254 e. The summed E-state index contributed by atoms with van der Waals surface area (Å²) in [4.78, 5) is 12.0. The van der Waals surface area contributed by atoms with Gasteiger partial charge in [-0.25, -0.2) is 0 Å². The number of aromatic nitrogens is 2. The molecule has 1 aromatic heterocycles. The van der Waals surface area contributed by atoms with Gasteiger partial charge in [0, 0.05) is 0 Å². The number of nitrogens with zero attached hydrogens (tertiary/aromatic N) is 3. The van der Waals surface area contributed by atoms with Crippen LogP contribution in [0.1, 0.15) is 42.0 Å². The monoisotopic (exact) mass is 232 g/mol. The van der Waals surface area contributed by atoms with E-state index in [4.69, 9.17) is 5.26 Å². The zero-order chi connectivity index (χ0) is 12.8. The van der Waals surface area contributed by atoms with Crippen molar-refractivity contribution < 1.29 is 4.79 Å². The molecule has 0 aromatic carbocycles. The molecule has 0 aliphatic carbocycles. The Morgan fingerprint density at radius 2 is 2.24 bits per heavy atom. The van der Waals surface area contributed by atoms with Crippen LogP contribution in [0.5, 0.6) is 0 Å². The Morgan fingerprint density at radius 3 is 2.76 bits per heavy atom. The van der Waals surface area contributed by atoms with E-state index in [0.29, 0.717) is 29.8 Å². The van der Waals surface area contributed by atoms with Crippen LogP contribution < -0.4 is 5.32 Å². The van der Waals surface area contributed by atoms with Gasteiger partial charge in [0.25, 0.3) is 5.91 Å². The molecule has 5 heteroatoms. The van der Waals surface area contributed by atoms with Crippen molar-refractivity contribution in [3.05, 3.63) is 23.0 Å². The highest BCUT2D eigenvalue weighted by Crippen LogP contribution is 2.08. The van der Waals surface area contributed by atoms with Crippen LogP contribution in [-0.2, 0) is 6.42 Å². The van der Waals surface area contributed by atoms with Gasteiger partial charge >= 0.3 is 0 Å². The number of carbonyl (C=O) groups excluding carboxylic acids is 1. The number of hydrogen-bond donors (Lipinski definition) is 1. The molecule has 0 aliphatic heterocycles. The molecule has 90 valence electrons. The minimum atomic E-state index is -0.458. The van der Waals surface area contributed by atoms with Gasteiger partial charge in [-0.05, 0) is 25.8 Å². The van der Waals surface area contributed by atoms with Crippen molar-refractivity contribution in [3.8, 4) is 6.07 Å². The van der Waals surface area contributed by atoms with E-state index in [0.717, 1.165) is 0 Å². The summed E-state index contributed by atoms with van der Waals surface area (Å²) in [5.41, 5.74) is 1.85. The Kier molecular flexibility index (Phi) is 4.58. The third-order valence-corrected chi connectivity index (χ3v) is 2.44. The van der Waals surface area contributed by atoms with Crippen LogP contribution in [0.15, 0.2) is 6.07 Å². The first-order valence-electron chi connectivity index (χ1n) is 5.66. The van der Waals surface area contributed by atoms with Crippen molar-refractivity contribution in [1.82, 2.24) is 15.5 Å². The molecule has 0 aliphatic rings. The fourth-order valence-electron chi connectivity index (χ4n) is 1.43. The quantitative estimate of drug-likeness (QED) is 0.850. The van der Waals surface area contributed by atoms with Gasteiger partial charge < -0.3 is 5.32 Å². The number of aryl methyl sites for hydroxylation is 2. The molecule has 1 unspecified atom stereocenters. The first-order valence-corrected chi connectivity index (χ1v) is 5.66. The predicted octanol–water partition coefficient (Wildman–Crippen LogP) is 1.38. The lowest BCUT2D eigenvalue weighted by Gasteiger charge is -2.11. The molecule has 0 radical (unpaired) electrons. The Balaban J connectivity index is 2.95. The third-order valence-electron chi connectivity index (χ3n) is 2.44. The highest BCUT2D eigenvalue weighted by Gasteiger charge is 2.15. The number of amides is 1. The van der Waals surface area contributed by atoms with E-state index in [1.54, 1.807) is 13.0 Å². The molecule has 17 heavy (non-hydrogen) atoms. The summed E-state index contributed by atoms with van der Waals surface area (Å²) in [7, 11) is 0. The van der Waals surface area contributed by atoms with Crippen LogP contribution in [0.3, 0.4) is 0 Å². The van der Waals surface area contributed by atoms with E-state index in [1.807, 2.05) is 19.9 Å². The van der Waals surface area contributed by atoms with Gasteiger partial charge in [-0.3, -0.25) is 4.79 Å². The van der Waals surface area contributed by atoms with E-state index in [9.17, 15) is 4.79 Å². The van der Waals surface area contributed by atoms with Crippen LogP contribution >= 0.6 is 0 Å². The Labute approximate surface area is 101 Å². The maximum Gasteiger partial charge on any atom is 0.254 e. The Bertz CT molecular complexity index is 450. The second kappa shape index (κ2) is 5.94. The largest absolute Gasteiger partial charge is 0.336 e. The molecule has 1 amide bonds. The van der Waals surface area contributed by atoms with Crippen LogP contribution in [0, 0.1) is 18.3 Å². The number of hydrogen-bond acceptors (Lipinski definition) is 4. The molecule has 1 N–H and O–H groups in total. The lowest BCUT2D eigenvalue weighted by molar-refractivity contribution is 0.0943. The molecule has 1 atom stereocenters. The fourth-order valence-corrected chi connectivity index (χ4v) is 1.43. The normalized spacial score (nSPS) is 11.6. The van der Waals surface area contributed by atoms with Crippen LogP contribution in [0.2, 0.25) is 0 Å². The van der Waals surface area contributed by atoms with Gasteiger partial charge in [-0.2, -0.15) is 15.5 Å².